The Morgan fingerprint density at radius 2 is 1.63 bits per heavy atom. The number of carbonyl (C=O) groups is 2. The molecule has 3 atom stereocenters. The minimum atomic E-state index is -0.918. The maximum atomic E-state index is 12.6. The number of hydrogen-bond donors (Lipinski definition) is 1. The Labute approximate surface area is 178 Å². The van der Waals surface area contributed by atoms with E-state index in [9.17, 15) is 9.59 Å². The summed E-state index contributed by atoms with van der Waals surface area (Å²) in [5, 5.41) is 9.11. The van der Waals surface area contributed by atoms with Crippen LogP contribution >= 0.6 is 0 Å². The lowest BCUT2D eigenvalue weighted by Gasteiger charge is -2.25. The number of hydrogen-bond acceptors (Lipinski definition) is 4. The van der Waals surface area contributed by atoms with Gasteiger partial charge < -0.3 is 9.84 Å². The van der Waals surface area contributed by atoms with Gasteiger partial charge in [0.1, 0.15) is 6.10 Å². The molecule has 1 N–H and O–H groups in total. The first-order chi connectivity index (χ1) is 14.4. The van der Waals surface area contributed by atoms with Gasteiger partial charge in [-0.2, -0.15) is 0 Å². The Hall–Kier alpha value is -2.69. The van der Waals surface area contributed by atoms with Crippen LogP contribution in [0.5, 0.6) is 0 Å². The average Bonchev–Trinajstić information content (AvgIpc) is 3.26. The van der Waals surface area contributed by atoms with Crippen molar-refractivity contribution in [2.45, 2.75) is 70.3 Å². The molecular formula is C25H31NO4. The van der Waals surface area contributed by atoms with Crippen molar-refractivity contribution >= 4 is 11.9 Å². The summed E-state index contributed by atoms with van der Waals surface area (Å²) in [5.41, 5.74) is 2.56. The van der Waals surface area contributed by atoms with Gasteiger partial charge in [0.05, 0.1) is 11.5 Å². The minimum Gasteiger partial charge on any atom is -0.478 e. The second-order valence-corrected chi connectivity index (χ2v) is 8.52. The number of nitrogens with zero attached hydrogens (tertiary/aromatic N) is 1. The number of pyridine rings is 1. The lowest BCUT2D eigenvalue weighted by Crippen LogP contribution is -2.23. The van der Waals surface area contributed by atoms with Crippen molar-refractivity contribution in [2.24, 2.45) is 5.92 Å². The van der Waals surface area contributed by atoms with Gasteiger partial charge in [-0.3, -0.25) is 9.78 Å². The third-order valence-electron chi connectivity index (χ3n) is 6.17. The van der Waals surface area contributed by atoms with E-state index in [2.05, 4.69) is 11.9 Å². The molecule has 5 nitrogen and oxygen atoms in total. The fourth-order valence-electron chi connectivity index (χ4n) is 4.33. The van der Waals surface area contributed by atoms with Crippen LogP contribution in [0.2, 0.25) is 0 Å². The SMILES string of the molecule is CC(CC(CC(C)c1ccc(C(=O)O)cc1)c1ccncc1)C(=O)OC1CCCC1. The number of benzene rings is 1. The summed E-state index contributed by atoms with van der Waals surface area (Å²) in [6, 6.07) is 11.1. The molecule has 1 saturated carbocycles. The Balaban J connectivity index is 1.69. The summed E-state index contributed by atoms with van der Waals surface area (Å²) in [5.74, 6) is -0.777. The first-order valence-corrected chi connectivity index (χ1v) is 10.9. The lowest BCUT2D eigenvalue weighted by molar-refractivity contribution is -0.153. The molecule has 5 heteroatoms. The van der Waals surface area contributed by atoms with Gasteiger partial charge >= 0.3 is 11.9 Å². The van der Waals surface area contributed by atoms with E-state index in [1.165, 1.54) is 5.56 Å². The molecule has 1 aromatic heterocycles. The molecule has 0 amide bonds. The van der Waals surface area contributed by atoms with E-state index in [1.807, 2.05) is 31.2 Å². The molecule has 0 radical (unpaired) electrons. The predicted octanol–water partition coefficient (Wildman–Crippen LogP) is 5.57. The maximum absolute atomic E-state index is 12.6. The maximum Gasteiger partial charge on any atom is 0.335 e. The number of carboxylic acids is 1. The number of aromatic nitrogens is 1. The highest BCUT2D eigenvalue weighted by molar-refractivity contribution is 5.87. The van der Waals surface area contributed by atoms with Crippen LogP contribution in [0.25, 0.3) is 0 Å². The highest BCUT2D eigenvalue weighted by atomic mass is 16.5. The number of aromatic carboxylic acids is 1. The fraction of sp³-hybridized carbons (Fsp3) is 0.480. The van der Waals surface area contributed by atoms with E-state index in [0.717, 1.165) is 37.7 Å². The highest BCUT2D eigenvalue weighted by Crippen LogP contribution is 2.35. The highest BCUT2D eigenvalue weighted by Gasteiger charge is 2.26. The Morgan fingerprint density at radius 3 is 2.23 bits per heavy atom. The zero-order valence-electron chi connectivity index (χ0n) is 17.8. The molecule has 3 rings (SSSR count). The van der Waals surface area contributed by atoms with Crippen LogP contribution in [0.1, 0.15) is 85.7 Å². The molecule has 0 bridgehead atoms. The molecule has 1 fully saturated rings. The standard InChI is InChI=1S/C25H31NO4/c1-17(19-7-9-21(10-8-19)24(27)28)15-22(20-11-13-26-14-12-20)16-18(2)25(29)30-23-5-3-4-6-23/h7-14,17-18,22-23H,3-6,15-16H2,1-2H3,(H,27,28). The summed E-state index contributed by atoms with van der Waals surface area (Å²) in [6.07, 6.45) is 9.49. The van der Waals surface area contributed by atoms with E-state index in [1.54, 1.807) is 24.5 Å². The summed E-state index contributed by atoms with van der Waals surface area (Å²) in [6.45, 7) is 4.10. The number of esters is 1. The Bertz CT molecular complexity index is 828. The van der Waals surface area contributed by atoms with Gasteiger partial charge in [-0.15, -0.1) is 0 Å². The van der Waals surface area contributed by atoms with Crippen LogP contribution in [0, 0.1) is 5.92 Å². The lowest BCUT2D eigenvalue weighted by atomic mass is 9.81. The smallest absolute Gasteiger partial charge is 0.335 e. The van der Waals surface area contributed by atoms with Gasteiger partial charge in [0.25, 0.3) is 0 Å². The molecule has 160 valence electrons. The van der Waals surface area contributed by atoms with Crippen molar-refractivity contribution in [3.05, 3.63) is 65.5 Å². The van der Waals surface area contributed by atoms with Crippen molar-refractivity contribution in [2.75, 3.05) is 0 Å². The van der Waals surface area contributed by atoms with Crippen LogP contribution in [-0.4, -0.2) is 28.1 Å². The normalized spacial score (nSPS) is 17.3. The van der Waals surface area contributed by atoms with Crippen LogP contribution in [-0.2, 0) is 9.53 Å². The van der Waals surface area contributed by atoms with Gasteiger partial charge in [0.2, 0.25) is 0 Å². The van der Waals surface area contributed by atoms with Gasteiger partial charge in [0, 0.05) is 12.4 Å². The number of rotatable bonds is 9. The molecule has 3 unspecified atom stereocenters. The molecule has 30 heavy (non-hydrogen) atoms. The first kappa shape index (κ1) is 22.0. The van der Waals surface area contributed by atoms with Crippen LogP contribution < -0.4 is 0 Å². The third kappa shape index (κ3) is 5.91. The molecule has 0 spiro atoms. The van der Waals surface area contributed by atoms with Gasteiger partial charge in [-0.1, -0.05) is 26.0 Å². The van der Waals surface area contributed by atoms with E-state index in [0.29, 0.717) is 12.0 Å². The first-order valence-electron chi connectivity index (χ1n) is 10.9. The predicted molar refractivity (Wildman–Crippen MR) is 116 cm³/mol. The van der Waals surface area contributed by atoms with Gasteiger partial charge in [-0.05, 0) is 85.8 Å². The van der Waals surface area contributed by atoms with E-state index in [-0.39, 0.29) is 29.8 Å². The van der Waals surface area contributed by atoms with Crippen molar-refractivity contribution in [1.82, 2.24) is 4.98 Å². The topological polar surface area (TPSA) is 76.5 Å². The van der Waals surface area contributed by atoms with Crippen LogP contribution in [0.15, 0.2) is 48.8 Å². The largest absolute Gasteiger partial charge is 0.478 e. The monoisotopic (exact) mass is 409 g/mol. The molecule has 1 aliphatic carbocycles. The van der Waals surface area contributed by atoms with E-state index >= 15 is 0 Å². The molecule has 1 heterocycles. The zero-order chi connectivity index (χ0) is 21.5. The third-order valence-corrected chi connectivity index (χ3v) is 6.17. The molecule has 0 saturated heterocycles. The van der Waals surface area contributed by atoms with Gasteiger partial charge in [0.15, 0.2) is 0 Å². The van der Waals surface area contributed by atoms with Crippen molar-refractivity contribution in [1.29, 1.82) is 0 Å². The summed E-state index contributed by atoms with van der Waals surface area (Å²) in [4.78, 5) is 27.9. The fourth-order valence-corrected chi connectivity index (χ4v) is 4.33. The number of carboxylic acid groups (broad SMARTS) is 1. The molecule has 1 aromatic carbocycles. The summed E-state index contributed by atoms with van der Waals surface area (Å²) < 4.78 is 5.73. The second-order valence-electron chi connectivity index (χ2n) is 8.52. The van der Waals surface area contributed by atoms with Crippen LogP contribution in [0.4, 0.5) is 0 Å². The average molecular weight is 410 g/mol. The quantitative estimate of drug-likeness (QED) is 0.548. The minimum absolute atomic E-state index is 0.0889. The molecule has 0 aliphatic heterocycles. The van der Waals surface area contributed by atoms with E-state index in [4.69, 9.17) is 9.84 Å². The van der Waals surface area contributed by atoms with Crippen molar-refractivity contribution < 1.29 is 19.4 Å². The van der Waals surface area contributed by atoms with Crippen molar-refractivity contribution in [3.63, 3.8) is 0 Å². The summed E-state index contributed by atoms with van der Waals surface area (Å²) >= 11 is 0. The van der Waals surface area contributed by atoms with Gasteiger partial charge in [-0.25, -0.2) is 4.79 Å². The summed E-state index contributed by atoms with van der Waals surface area (Å²) in [7, 11) is 0. The molecule has 2 aromatic rings. The van der Waals surface area contributed by atoms with E-state index < -0.39 is 5.97 Å². The molecular weight excluding hydrogens is 378 g/mol. The second kappa shape index (κ2) is 10.4. The number of carbonyl (C=O) groups excluding carboxylic acids is 1. The zero-order valence-corrected chi connectivity index (χ0v) is 17.8. The Morgan fingerprint density at radius 1 is 1.00 bits per heavy atom. The Kier molecular flexibility index (Phi) is 7.61. The number of ether oxygens (including phenoxy) is 1. The molecule has 1 aliphatic rings. The van der Waals surface area contributed by atoms with Crippen LogP contribution in [0.3, 0.4) is 0 Å². The van der Waals surface area contributed by atoms with Crippen molar-refractivity contribution in [3.8, 4) is 0 Å².